The molecule has 0 aliphatic carbocycles. The van der Waals surface area contributed by atoms with Gasteiger partial charge in [-0.2, -0.15) is 5.10 Å². The van der Waals surface area contributed by atoms with E-state index in [2.05, 4.69) is 24.3 Å². The average Bonchev–Trinajstić information content (AvgIpc) is 2.81. The molecule has 2 aromatic rings. The van der Waals surface area contributed by atoms with Crippen LogP contribution in [-0.4, -0.2) is 9.78 Å². The third kappa shape index (κ3) is 5.10. The van der Waals surface area contributed by atoms with E-state index < -0.39 is 11.6 Å². The van der Waals surface area contributed by atoms with Gasteiger partial charge in [0.2, 0.25) is 0 Å². The molecule has 6 heteroatoms. The zero-order valence-corrected chi connectivity index (χ0v) is 13.0. The van der Waals surface area contributed by atoms with Crippen molar-refractivity contribution in [1.82, 2.24) is 15.1 Å². The highest BCUT2D eigenvalue weighted by Crippen LogP contribution is 2.11. The molecule has 0 atom stereocenters. The van der Waals surface area contributed by atoms with E-state index in [0.717, 1.165) is 18.3 Å². The summed E-state index contributed by atoms with van der Waals surface area (Å²) in [7, 11) is 0. The molecule has 0 aliphatic heterocycles. The van der Waals surface area contributed by atoms with Gasteiger partial charge in [-0.15, -0.1) is 12.4 Å². The van der Waals surface area contributed by atoms with Crippen LogP contribution in [0.1, 0.15) is 25.1 Å². The summed E-state index contributed by atoms with van der Waals surface area (Å²) in [5, 5.41) is 7.48. The summed E-state index contributed by atoms with van der Waals surface area (Å²) in [6.45, 7) is 5.94. The molecule has 1 aromatic carbocycles. The second-order valence-corrected chi connectivity index (χ2v) is 5.24. The quantitative estimate of drug-likeness (QED) is 0.884. The lowest BCUT2D eigenvalue weighted by atomic mass is 10.2. The van der Waals surface area contributed by atoms with E-state index in [0.29, 0.717) is 18.0 Å². The second kappa shape index (κ2) is 8.10. The van der Waals surface area contributed by atoms with Crippen LogP contribution in [0.4, 0.5) is 8.78 Å². The molecule has 1 aromatic heterocycles. The summed E-state index contributed by atoms with van der Waals surface area (Å²) < 4.78 is 28.4. The van der Waals surface area contributed by atoms with E-state index in [1.807, 2.05) is 16.9 Å². The van der Waals surface area contributed by atoms with Gasteiger partial charge in [-0.05, 0) is 18.1 Å². The molecule has 0 aliphatic rings. The molecular weight excluding hydrogens is 296 g/mol. The Hall–Kier alpha value is -1.46. The summed E-state index contributed by atoms with van der Waals surface area (Å²) in [4.78, 5) is 0. The van der Waals surface area contributed by atoms with E-state index in [-0.39, 0.29) is 19.0 Å². The Bertz CT molecular complexity index is 570. The predicted octanol–water partition coefficient (Wildman–Crippen LogP) is 3.53. The van der Waals surface area contributed by atoms with Gasteiger partial charge in [0.1, 0.15) is 0 Å². The van der Waals surface area contributed by atoms with Crippen molar-refractivity contribution in [2.75, 3.05) is 0 Å². The molecular formula is C15H20ClF2N3. The minimum Gasteiger partial charge on any atom is -0.307 e. The van der Waals surface area contributed by atoms with Gasteiger partial charge in [-0.3, -0.25) is 4.68 Å². The van der Waals surface area contributed by atoms with Gasteiger partial charge >= 0.3 is 0 Å². The van der Waals surface area contributed by atoms with Gasteiger partial charge in [-0.1, -0.05) is 26.0 Å². The number of hydrogen-bond acceptors (Lipinski definition) is 2. The van der Waals surface area contributed by atoms with Crippen LogP contribution in [0.2, 0.25) is 0 Å². The fourth-order valence-corrected chi connectivity index (χ4v) is 1.98. The number of nitrogens with zero attached hydrogens (tertiary/aromatic N) is 2. The van der Waals surface area contributed by atoms with E-state index in [1.165, 1.54) is 6.07 Å². The number of aromatic nitrogens is 2. The zero-order chi connectivity index (χ0) is 14.5. The van der Waals surface area contributed by atoms with Gasteiger partial charge < -0.3 is 5.32 Å². The van der Waals surface area contributed by atoms with E-state index in [4.69, 9.17) is 0 Å². The maximum atomic E-state index is 13.4. The predicted molar refractivity (Wildman–Crippen MR) is 81.2 cm³/mol. The molecule has 0 saturated carbocycles. The Morgan fingerprint density at radius 1 is 1.19 bits per heavy atom. The molecule has 1 N–H and O–H groups in total. The summed E-state index contributed by atoms with van der Waals surface area (Å²) in [6, 6.07) is 6.12. The summed E-state index contributed by atoms with van der Waals surface area (Å²) >= 11 is 0. The zero-order valence-electron chi connectivity index (χ0n) is 12.1. The maximum absolute atomic E-state index is 13.4. The van der Waals surface area contributed by atoms with Gasteiger partial charge in [-0.25, -0.2) is 8.78 Å². The normalized spacial score (nSPS) is 10.7. The summed E-state index contributed by atoms with van der Waals surface area (Å²) in [5.41, 5.74) is 1.22. The molecule has 116 valence electrons. The summed E-state index contributed by atoms with van der Waals surface area (Å²) in [5.74, 6) is -1.06. The average molecular weight is 316 g/mol. The molecule has 0 radical (unpaired) electrons. The van der Waals surface area contributed by atoms with Crippen molar-refractivity contribution in [3.8, 4) is 0 Å². The minimum atomic E-state index is -0.814. The van der Waals surface area contributed by atoms with E-state index in [1.54, 1.807) is 6.07 Å². The fourth-order valence-electron chi connectivity index (χ4n) is 1.98. The Kier molecular flexibility index (Phi) is 6.78. The van der Waals surface area contributed by atoms with E-state index >= 15 is 0 Å². The molecule has 0 saturated heterocycles. The van der Waals surface area contributed by atoms with Crippen molar-refractivity contribution in [3.63, 3.8) is 0 Å². The Labute approximate surface area is 129 Å². The number of rotatable bonds is 6. The van der Waals surface area contributed by atoms with Crippen molar-refractivity contribution >= 4 is 12.4 Å². The Morgan fingerprint density at radius 2 is 1.95 bits per heavy atom. The molecule has 3 nitrogen and oxygen atoms in total. The molecule has 0 fully saturated rings. The smallest absolute Gasteiger partial charge is 0.163 e. The van der Waals surface area contributed by atoms with Gasteiger partial charge in [0.05, 0.1) is 5.69 Å². The van der Waals surface area contributed by atoms with Crippen LogP contribution >= 0.6 is 12.4 Å². The third-order valence-corrected chi connectivity index (χ3v) is 2.90. The van der Waals surface area contributed by atoms with Crippen LogP contribution in [0.25, 0.3) is 0 Å². The molecule has 0 spiro atoms. The first-order valence-electron chi connectivity index (χ1n) is 6.72. The van der Waals surface area contributed by atoms with Crippen molar-refractivity contribution < 1.29 is 8.78 Å². The molecule has 1 heterocycles. The minimum absolute atomic E-state index is 0. The van der Waals surface area contributed by atoms with Crippen LogP contribution < -0.4 is 5.32 Å². The van der Waals surface area contributed by atoms with Crippen LogP contribution in [0.3, 0.4) is 0 Å². The number of nitrogens with one attached hydrogen (secondary N) is 1. The van der Waals surface area contributed by atoms with Gasteiger partial charge in [0.15, 0.2) is 11.6 Å². The van der Waals surface area contributed by atoms with Gasteiger partial charge in [0, 0.05) is 31.4 Å². The van der Waals surface area contributed by atoms with Crippen molar-refractivity contribution in [2.45, 2.75) is 33.5 Å². The Balaban J connectivity index is 0.00000220. The van der Waals surface area contributed by atoms with Crippen LogP contribution in [0.15, 0.2) is 30.5 Å². The lowest BCUT2D eigenvalue weighted by Crippen LogP contribution is -2.15. The highest BCUT2D eigenvalue weighted by molar-refractivity contribution is 5.85. The van der Waals surface area contributed by atoms with Crippen LogP contribution in [0, 0.1) is 17.6 Å². The maximum Gasteiger partial charge on any atom is 0.163 e. The second-order valence-electron chi connectivity index (χ2n) is 5.24. The molecule has 21 heavy (non-hydrogen) atoms. The number of hydrogen-bond donors (Lipinski definition) is 1. The lowest BCUT2D eigenvalue weighted by molar-refractivity contribution is 0.476. The first-order valence-corrected chi connectivity index (χ1v) is 6.72. The Morgan fingerprint density at radius 3 is 2.67 bits per heavy atom. The standard InChI is InChI=1S/C15H19F2N3.ClH/c1-11(2)10-20-7-6-13(19-20)9-18-8-12-4-3-5-14(16)15(12)17;/h3-7,11,18H,8-10H2,1-2H3;1H. The van der Waals surface area contributed by atoms with Gasteiger partial charge in [0.25, 0.3) is 0 Å². The highest BCUT2D eigenvalue weighted by Gasteiger charge is 2.07. The molecule has 2 rings (SSSR count). The highest BCUT2D eigenvalue weighted by atomic mass is 35.5. The third-order valence-electron chi connectivity index (χ3n) is 2.90. The lowest BCUT2D eigenvalue weighted by Gasteiger charge is -2.06. The topological polar surface area (TPSA) is 29.9 Å². The monoisotopic (exact) mass is 315 g/mol. The first-order chi connectivity index (χ1) is 9.56. The van der Waals surface area contributed by atoms with Crippen molar-refractivity contribution in [2.24, 2.45) is 5.92 Å². The van der Waals surface area contributed by atoms with E-state index in [9.17, 15) is 8.78 Å². The first kappa shape index (κ1) is 17.6. The largest absolute Gasteiger partial charge is 0.307 e. The molecule has 0 unspecified atom stereocenters. The van der Waals surface area contributed by atoms with Crippen molar-refractivity contribution in [1.29, 1.82) is 0 Å². The number of benzene rings is 1. The van der Waals surface area contributed by atoms with Crippen LogP contribution in [-0.2, 0) is 19.6 Å². The van der Waals surface area contributed by atoms with Crippen LogP contribution in [0.5, 0.6) is 0 Å². The summed E-state index contributed by atoms with van der Waals surface area (Å²) in [6.07, 6.45) is 1.93. The fraction of sp³-hybridized carbons (Fsp3) is 0.400. The van der Waals surface area contributed by atoms with Crippen molar-refractivity contribution in [3.05, 3.63) is 53.4 Å². The SMILES string of the molecule is CC(C)Cn1ccc(CNCc2cccc(F)c2F)n1.Cl. The molecule has 0 bridgehead atoms. The molecule has 0 amide bonds. The number of halogens is 3.